The second kappa shape index (κ2) is 5.86. The third-order valence-electron chi connectivity index (χ3n) is 2.35. The minimum Gasteiger partial charge on any atom is -0.462 e. The first-order chi connectivity index (χ1) is 9.22. The Morgan fingerprint density at radius 1 is 1.40 bits per heavy atom. The lowest BCUT2D eigenvalue weighted by Crippen LogP contribution is -2.16. The first-order valence-electron chi connectivity index (χ1n) is 5.32. The molecule has 0 saturated heterocycles. The Morgan fingerprint density at radius 2 is 2.00 bits per heavy atom. The maximum absolute atomic E-state index is 12.8. The molecule has 3 nitrogen and oxygen atoms in total. The SMILES string of the molecule is CCOC(=O)c1cc(C#N)c(C(F)F)cc1C(F)(F)F. The molecule has 0 atom stereocenters. The van der Waals surface area contributed by atoms with Crippen molar-refractivity contribution in [1.29, 1.82) is 5.26 Å². The van der Waals surface area contributed by atoms with Crippen LogP contribution in [-0.2, 0) is 10.9 Å². The van der Waals surface area contributed by atoms with Crippen LogP contribution in [0.2, 0.25) is 0 Å². The number of ether oxygens (including phenoxy) is 1. The predicted octanol–water partition coefficient (Wildman–Crippen LogP) is 3.69. The molecule has 0 aliphatic heterocycles. The smallest absolute Gasteiger partial charge is 0.417 e. The van der Waals surface area contributed by atoms with Gasteiger partial charge in [0.25, 0.3) is 6.43 Å². The molecule has 0 radical (unpaired) electrons. The summed E-state index contributed by atoms with van der Waals surface area (Å²) in [6.45, 7) is 1.19. The van der Waals surface area contributed by atoms with Crippen LogP contribution in [0.3, 0.4) is 0 Å². The molecule has 1 aromatic carbocycles. The largest absolute Gasteiger partial charge is 0.462 e. The molecule has 1 rings (SSSR count). The summed E-state index contributed by atoms with van der Waals surface area (Å²) >= 11 is 0. The maximum atomic E-state index is 12.8. The molecule has 108 valence electrons. The lowest BCUT2D eigenvalue weighted by atomic mass is 9.98. The van der Waals surface area contributed by atoms with E-state index in [0.29, 0.717) is 6.07 Å². The van der Waals surface area contributed by atoms with E-state index in [4.69, 9.17) is 5.26 Å². The monoisotopic (exact) mass is 293 g/mol. The van der Waals surface area contributed by atoms with Gasteiger partial charge in [0.1, 0.15) is 0 Å². The molecule has 0 unspecified atom stereocenters. The summed E-state index contributed by atoms with van der Waals surface area (Å²) in [5.74, 6) is -1.32. The van der Waals surface area contributed by atoms with Gasteiger partial charge in [-0.05, 0) is 19.1 Å². The van der Waals surface area contributed by atoms with Crippen molar-refractivity contribution >= 4 is 5.97 Å². The molecule has 0 fully saturated rings. The second-order valence-electron chi connectivity index (χ2n) is 3.62. The standard InChI is InChI=1S/C12H8F5NO2/c1-2-20-11(19)8-3-6(5-18)7(10(13)14)4-9(8)12(15,16)17/h3-4,10H,2H2,1H3. The van der Waals surface area contributed by atoms with Gasteiger partial charge in [0, 0.05) is 5.56 Å². The molecule has 0 heterocycles. The molecule has 0 saturated carbocycles. The zero-order valence-corrected chi connectivity index (χ0v) is 10.1. The summed E-state index contributed by atoms with van der Waals surface area (Å²) in [5, 5.41) is 8.68. The Bertz CT molecular complexity index is 560. The average Bonchev–Trinajstić information content (AvgIpc) is 2.36. The van der Waals surface area contributed by atoms with Crippen LogP contribution in [-0.4, -0.2) is 12.6 Å². The summed E-state index contributed by atoms with van der Waals surface area (Å²) in [4.78, 5) is 11.4. The molecule has 0 amide bonds. The van der Waals surface area contributed by atoms with Crippen LogP contribution >= 0.6 is 0 Å². The van der Waals surface area contributed by atoms with Crippen LogP contribution in [0.25, 0.3) is 0 Å². The van der Waals surface area contributed by atoms with E-state index in [9.17, 15) is 26.7 Å². The first kappa shape index (κ1) is 15.9. The van der Waals surface area contributed by atoms with E-state index < -0.39 is 40.8 Å². The van der Waals surface area contributed by atoms with Gasteiger partial charge in [-0.25, -0.2) is 13.6 Å². The lowest BCUT2D eigenvalue weighted by Gasteiger charge is -2.14. The molecule has 0 N–H and O–H groups in total. The highest BCUT2D eigenvalue weighted by atomic mass is 19.4. The number of carbonyl (C=O) groups is 1. The summed E-state index contributed by atoms with van der Waals surface area (Å²) in [6, 6.07) is 1.92. The number of esters is 1. The molecule has 0 aliphatic carbocycles. The first-order valence-corrected chi connectivity index (χ1v) is 5.32. The summed E-state index contributed by atoms with van der Waals surface area (Å²) < 4.78 is 68.1. The van der Waals surface area contributed by atoms with Gasteiger partial charge in [-0.2, -0.15) is 18.4 Å². The minimum atomic E-state index is -5.01. The second-order valence-corrected chi connectivity index (χ2v) is 3.62. The van der Waals surface area contributed by atoms with Crippen molar-refractivity contribution < 1.29 is 31.5 Å². The van der Waals surface area contributed by atoms with Crippen LogP contribution in [0.15, 0.2) is 12.1 Å². The Morgan fingerprint density at radius 3 is 2.40 bits per heavy atom. The number of carbonyl (C=O) groups excluding carboxylic acids is 1. The lowest BCUT2D eigenvalue weighted by molar-refractivity contribution is -0.138. The van der Waals surface area contributed by atoms with Crippen molar-refractivity contribution in [2.45, 2.75) is 19.5 Å². The van der Waals surface area contributed by atoms with Gasteiger partial charge in [-0.15, -0.1) is 0 Å². The number of nitriles is 1. The fourth-order valence-electron chi connectivity index (χ4n) is 1.51. The molecule has 0 aromatic heterocycles. The van der Waals surface area contributed by atoms with Gasteiger partial charge in [0.2, 0.25) is 0 Å². The summed E-state index contributed by atoms with van der Waals surface area (Å²) in [5.41, 5.74) is -4.28. The topological polar surface area (TPSA) is 50.1 Å². The van der Waals surface area contributed by atoms with Gasteiger partial charge in [0.15, 0.2) is 0 Å². The molecule has 0 spiro atoms. The summed E-state index contributed by atoms with van der Waals surface area (Å²) in [6.07, 6.45) is -8.28. The Kier molecular flexibility index (Phi) is 4.65. The number of nitrogens with zero attached hydrogens (tertiary/aromatic N) is 1. The number of alkyl halides is 5. The number of hydrogen-bond donors (Lipinski definition) is 0. The molecular weight excluding hydrogens is 285 g/mol. The molecule has 20 heavy (non-hydrogen) atoms. The fraction of sp³-hybridized carbons (Fsp3) is 0.333. The Hall–Kier alpha value is -2.17. The quantitative estimate of drug-likeness (QED) is 0.631. The van der Waals surface area contributed by atoms with E-state index in [0.717, 1.165) is 0 Å². The zero-order chi connectivity index (χ0) is 15.5. The van der Waals surface area contributed by atoms with Crippen molar-refractivity contribution in [2.75, 3.05) is 6.61 Å². The highest BCUT2D eigenvalue weighted by molar-refractivity contribution is 5.92. The Labute approximate surface area is 110 Å². The third-order valence-corrected chi connectivity index (χ3v) is 2.35. The zero-order valence-electron chi connectivity index (χ0n) is 10.1. The van der Waals surface area contributed by atoms with E-state index in [1.165, 1.54) is 13.0 Å². The average molecular weight is 293 g/mol. The van der Waals surface area contributed by atoms with Gasteiger partial charge < -0.3 is 4.74 Å². The maximum Gasteiger partial charge on any atom is 0.417 e. The number of benzene rings is 1. The van der Waals surface area contributed by atoms with Gasteiger partial charge in [0.05, 0.1) is 29.4 Å². The van der Waals surface area contributed by atoms with Gasteiger partial charge >= 0.3 is 12.1 Å². The van der Waals surface area contributed by atoms with E-state index >= 15 is 0 Å². The minimum absolute atomic E-state index is 0.107. The number of halogens is 5. The van der Waals surface area contributed by atoms with E-state index in [2.05, 4.69) is 4.74 Å². The van der Waals surface area contributed by atoms with Crippen molar-refractivity contribution in [3.05, 3.63) is 34.4 Å². The normalized spacial score (nSPS) is 11.3. The van der Waals surface area contributed by atoms with Crippen LogP contribution < -0.4 is 0 Å². The van der Waals surface area contributed by atoms with Crippen LogP contribution in [0.1, 0.15) is 40.4 Å². The number of hydrogen-bond acceptors (Lipinski definition) is 3. The highest BCUT2D eigenvalue weighted by Gasteiger charge is 2.37. The molecular formula is C12H8F5NO2. The van der Waals surface area contributed by atoms with Gasteiger partial charge in [-0.3, -0.25) is 0 Å². The molecule has 0 aliphatic rings. The fourth-order valence-corrected chi connectivity index (χ4v) is 1.51. The molecule has 0 bridgehead atoms. The predicted molar refractivity (Wildman–Crippen MR) is 57.1 cm³/mol. The van der Waals surface area contributed by atoms with E-state index in [1.54, 1.807) is 0 Å². The molecule has 1 aromatic rings. The van der Waals surface area contributed by atoms with Crippen LogP contribution in [0.4, 0.5) is 22.0 Å². The Balaban J connectivity index is 3.57. The van der Waals surface area contributed by atoms with Crippen LogP contribution in [0, 0.1) is 11.3 Å². The number of rotatable bonds is 3. The molecule has 8 heteroatoms. The van der Waals surface area contributed by atoms with E-state index in [-0.39, 0.29) is 12.7 Å². The van der Waals surface area contributed by atoms with Crippen molar-refractivity contribution in [3.8, 4) is 6.07 Å². The highest BCUT2D eigenvalue weighted by Crippen LogP contribution is 2.36. The van der Waals surface area contributed by atoms with Crippen molar-refractivity contribution in [2.24, 2.45) is 0 Å². The van der Waals surface area contributed by atoms with Crippen molar-refractivity contribution in [1.82, 2.24) is 0 Å². The summed E-state index contributed by atoms with van der Waals surface area (Å²) in [7, 11) is 0. The van der Waals surface area contributed by atoms with E-state index in [1.807, 2.05) is 0 Å². The third kappa shape index (κ3) is 3.23. The van der Waals surface area contributed by atoms with Gasteiger partial charge in [-0.1, -0.05) is 0 Å². The van der Waals surface area contributed by atoms with Crippen LogP contribution in [0.5, 0.6) is 0 Å². The van der Waals surface area contributed by atoms with Crippen molar-refractivity contribution in [3.63, 3.8) is 0 Å².